The van der Waals surface area contributed by atoms with Gasteiger partial charge in [-0.1, -0.05) is 0 Å². The third-order valence-electron chi connectivity index (χ3n) is 4.82. The second kappa shape index (κ2) is 8.50. The summed E-state index contributed by atoms with van der Waals surface area (Å²) in [6, 6.07) is 6.91. The fraction of sp³-hybridized carbons (Fsp3) is 0.350. The molecule has 1 fully saturated rings. The number of nitrogens with zero attached hydrogens (tertiary/aromatic N) is 3. The molecule has 0 saturated carbocycles. The van der Waals surface area contributed by atoms with Crippen LogP contribution < -0.4 is 5.56 Å². The van der Waals surface area contributed by atoms with Crippen LogP contribution in [0, 0.1) is 0 Å². The molecule has 11 heteroatoms. The average Bonchev–Trinajstić information content (AvgIpc) is 3.21. The Morgan fingerprint density at radius 3 is 2.58 bits per heavy atom. The Balaban J connectivity index is 1.44. The molecule has 3 heterocycles. The summed E-state index contributed by atoms with van der Waals surface area (Å²) < 4.78 is 39.4. The van der Waals surface area contributed by atoms with Crippen LogP contribution in [0.4, 0.5) is 0 Å². The number of ether oxygens (including phenoxy) is 2. The largest absolute Gasteiger partial charge is 0.456 e. The first-order valence-corrected chi connectivity index (χ1v) is 11.9. The van der Waals surface area contributed by atoms with E-state index in [1.165, 1.54) is 50.4 Å². The van der Waals surface area contributed by atoms with Gasteiger partial charge in [-0.25, -0.2) is 18.2 Å². The predicted octanol–water partition coefficient (Wildman–Crippen LogP) is 1.91. The molecular formula is C20H21N3O6S2. The van der Waals surface area contributed by atoms with Gasteiger partial charge in [-0.05, 0) is 38.1 Å². The Bertz CT molecular complexity index is 1260. The van der Waals surface area contributed by atoms with Gasteiger partial charge in [0.05, 0.1) is 28.4 Å². The van der Waals surface area contributed by atoms with Gasteiger partial charge in [0.2, 0.25) is 10.0 Å². The van der Waals surface area contributed by atoms with Crippen molar-refractivity contribution in [2.24, 2.45) is 0 Å². The number of thiazole rings is 1. The summed E-state index contributed by atoms with van der Waals surface area (Å²) in [6.45, 7) is 4.05. The summed E-state index contributed by atoms with van der Waals surface area (Å²) in [5, 5.41) is 1.74. The van der Waals surface area contributed by atoms with E-state index < -0.39 is 16.0 Å². The maximum atomic E-state index is 12.9. The number of carbonyl (C=O) groups is 1. The quantitative estimate of drug-likeness (QED) is 0.532. The van der Waals surface area contributed by atoms with E-state index in [0.717, 1.165) is 0 Å². The molecule has 0 radical (unpaired) electrons. The molecule has 1 saturated heterocycles. The lowest BCUT2D eigenvalue weighted by Crippen LogP contribution is -2.48. The van der Waals surface area contributed by atoms with Crippen molar-refractivity contribution in [3.8, 4) is 0 Å². The third-order valence-corrected chi connectivity index (χ3v) is 7.42. The zero-order valence-corrected chi connectivity index (χ0v) is 18.6. The number of carbonyl (C=O) groups excluding carboxylic acids is 1. The van der Waals surface area contributed by atoms with E-state index in [0.29, 0.717) is 10.7 Å². The summed E-state index contributed by atoms with van der Waals surface area (Å²) in [5.41, 5.74) is 0.297. The first kappa shape index (κ1) is 21.6. The number of rotatable bonds is 5. The molecule has 4 rings (SSSR count). The smallest absolute Gasteiger partial charge is 0.338 e. The Morgan fingerprint density at radius 1 is 1.23 bits per heavy atom. The molecule has 164 valence electrons. The Labute approximate surface area is 182 Å². The van der Waals surface area contributed by atoms with Gasteiger partial charge in [0.1, 0.15) is 6.61 Å². The molecule has 1 aliphatic rings. The molecule has 0 amide bonds. The number of sulfonamides is 1. The standard InChI is InChI=1S/C20H21N3O6S2/c1-13-10-22(11-14(2)29-13)31(26,27)17-5-3-15(4-6-17)19(25)28-12-16-9-18(24)23-7-8-30-20(23)21-16/h3-9,13-14H,10-12H2,1-2H3/t13-,14+. The van der Waals surface area contributed by atoms with E-state index in [1.54, 1.807) is 11.6 Å². The van der Waals surface area contributed by atoms with Gasteiger partial charge < -0.3 is 9.47 Å². The van der Waals surface area contributed by atoms with Crippen LogP contribution in [0.1, 0.15) is 29.9 Å². The van der Waals surface area contributed by atoms with Crippen molar-refractivity contribution >= 4 is 32.3 Å². The van der Waals surface area contributed by atoms with Gasteiger partial charge in [-0.3, -0.25) is 9.20 Å². The normalized spacial score (nSPS) is 20.1. The van der Waals surface area contributed by atoms with Gasteiger partial charge in [0, 0.05) is 30.7 Å². The minimum absolute atomic E-state index is 0.100. The molecule has 9 nitrogen and oxygen atoms in total. The molecule has 1 aliphatic heterocycles. The summed E-state index contributed by atoms with van der Waals surface area (Å²) in [5.74, 6) is -0.634. The van der Waals surface area contributed by atoms with Gasteiger partial charge in [0.25, 0.3) is 5.56 Å². The van der Waals surface area contributed by atoms with Crippen molar-refractivity contribution in [3.63, 3.8) is 0 Å². The molecule has 0 spiro atoms. The van der Waals surface area contributed by atoms with Gasteiger partial charge in [-0.2, -0.15) is 4.31 Å². The van der Waals surface area contributed by atoms with Crippen molar-refractivity contribution in [2.45, 2.75) is 37.6 Å². The minimum atomic E-state index is -3.69. The number of hydrogen-bond acceptors (Lipinski definition) is 8. The van der Waals surface area contributed by atoms with Gasteiger partial charge in [-0.15, -0.1) is 11.3 Å². The minimum Gasteiger partial charge on any atom is -0.456 e. The first-order valence-electron chi connectivity index (χ1n) is 9.62. The van der Waals surface area contributed by atoms with E-state index in [4.69, 9.17) is 9.47 Å². The first-order chi connectivity index (χ1) is 14.7. The highest BCUT2D eigenvalue weighted by molar-refractivity contribution is 7.89. The third kappa shape index (κ3) is 4.54. The summed E-state index contributed by atoms with van der Waals surface area (Å²) in [6.07, 6.45) is 1.24. The van der Waals surface area contributed by atoms with E-state index in [1.807, 2.05) is 13.8 Å². The van der Waals surface area contributed by atoms with E-state index in [-0.39, 0.29) is 47.9 Å². The SMILES string of the molecule is C[C@@H]1CN(S(=O)(=O)c2ccc(C(=O)OCc3cc(=O)n4ccsc4n3)cc2)C[C@H](C)O1. The molecule has 3 aromatic rings. The summed E-state index contributed by atoms with van der Waals surface area (Å²) in [4.78, 5) is 29.3. The van der Waals surface area contributed by atoms with Crippen LogP contribution in [-0.2, 0) is 26.1 Å². The lowest BCUT2D eigenvalue weighted by atomic mass is 10.2. The van der Waals surface area contributed by atoms with E-state index >= 15 is 0 Å². The van der Waals surface area contributed by atoms with E-state index in [9.17, 15) is 18.0 Å². The number of morpholine rings is 1. The van der Waals surface area contributed by atoms with Crippen molar-refractivity contribution in [1.29, 1.82) is 0 Å². The maximum absolute atomic E-state index is 12.9. The summed E-state index contributed by atoms with van der Waals surface area (Å²) >= 11 is 1.30. The molecule has 2 atom stereocenters. The number of benzene rings is 1. The molecular weight excluding hydrogens is 442 g/mol. The fourth-order valence-electron chi connectivity index (χ4n) is 3.42. The van der Waals surface area contributed by atoms with Crippen molar-refractivity contribution in [1.82, 2.24) is 13.7 Å². The van der Waals surface area contributed by atoms with Crippen molar-refractivity contribution in [2.75, 3.05) is 13.1 Å². The molecule has 2 aromatic heterocycles. The van der Waals surface area contributed by atoms with Gasteiger partial charge in [0.15, 0.2) is 4.96 Å². The number of hydrogen-bond donors (Lipinski definition) is 0. The summed E-state index contributed by atoms with van der Waals surface area (Å²) in [7, 11) is -3.69. The van der Waals surface area contributed by atoms with Crippen LogP contribution >= 0.6 is 11.3 Å². The lowest BCUT2D eigenvalue weighted by Gasteiger charge is -2.34. The van der Waals surface area contributed by atoms with Crippen LogP contribution in [0.2, 0.25) is 0 Å². The maximum Gasteiger partial charge on any atom is 0.338 e. The second-order valence-corrected chi connectivity index (χ2v) is 10.1. The van der Waals surface area contributed by atoms with Gasteiger partial charge >= 0.3 is 5.97 Å². The molecule has 31 heavy (non-hydrogen) atoms. The molecule has 1 aromatic carbocycles. The Kier molecular flexibility index (Phi) is 5.93. The number of aromatic nitrogens is 2. The number of fused-ring (bicyclic) bond motifs is 1. The average molecular weight is 464 g/mol. The number of esters is 1. The fourth-order valence-corrected chi connectivity index (χ4v) is 5.75. The van der Waals surface area contributed by atoms with Crippen molar-refractivity contribution in [3.05, 3.63) is 63.5 Å². The molecule has 0 unspecified atom stereocenters. The molecule has 0 bridgehead atoms. The second-order valence-electron chi connectivity index (χ2n) is 7.32. The van der Waals surface area contributed by atoms with Crippen LogP contribution in [0.5, 0.6) is 0 Å². The van der Waals surface area contributed by atoms with E-state index in [2.05, 4.69) is 4.98 Å². The Hall–Kier alpha value is -2.60. The predicted molar refractivity (Wildman–Crippen MR) is 114 cm³/mol. The lowest BCUT2D eigenvalue weighted by molar-refractivity contribution is -0.0440. The highest BCUT2D eigenvalue weighted by Crippen LogP contribution is 2.21. The van der Waals surface area contributed by atoms with Crippen LogP contribution in [0.15, 0.2) is 51.6 Å². The van der Waals surface area contributed by atoms with Crippen molar-refractivity contribution < 1.29 is 22.7 Å². The Morgan fingerprint density at radius 2 is 1.90 bits per heavy atom. The van der Waals surface area contributed by atoms with Crippen LogP contribution in [-0.4, -0.2) is 53.4 Å². The monoisotopic (exact) mass is 463 g/mol. The highest BCUT2D eigenvalue weighted by atomic mass is 32.2. The zero-order valence-electron chi connectivity index (χ0n) is 16.9. The molecule has 0 N–H and O–H groups in total. The zero-order chi connectivity index (χ0) is 22.2. The molecule has 0 aliphatic carbocycles. The van der Waals surface area contributed by atoms with Crippen LogP contribution in [0.25, 0.3) is 4.96 Å². The van der Waals surface area contributed by atoms with Crippen LogP contribution in [0.3, 0.4) is 0 Å². The topological polar surface area (TPSA) is 107 Å². The highest BCUT2D eigenvalue weighted by Gasteiger charge is 2.32.